The molecule has 0 N–H and O–H groups in total. The monoisotopic (exact) mass is 362 g/mol. The Hall–Kier alpha value is -2.14. The number of hydrogen-bond donors (Lipinski definition) is 0. The molecule has 0 aromatic heterocycles. The van der Waals surface area contributed by atoms with Crippen LogP contribution in [-0.2, 0) is 19.2 Å². The Kier molecular flexibility index (Phi) is 5.02. The van der Waals surface area contributed by atoms with Crippen LogP contribution in [0.1, 0.15) is 20.8 Å². The lowest BCUT2D eigenvalue weighted by atomic mass is 9.95. The molecule has 6 nitrogen and oxygen atoms in total. The van der Waals surface area contributed by atoms with Crippen molar-refractivity contribution in [2.24, 2.45) is 5.92 Å². The smallest absolute Gasteiger partial charge is 0.272 e. The van der Waals surface area contributed by atoms with Crippen LogP contribution < -0.4 is 0 Å². The van der Waals surface area contributed by atoms with Gasteiger partial charge in [0.1, 0.15) is 12.1 Å². The second-order valence-electron chi connectivity index (χ2n) is 5.39. The molecule has 24 heavy (non-hydrogen) atoms. The zero-order valence-electron chi connectivity index (χ0n) is 12.5. The van der Waals surface area contributed by atoms with Crippen molar-refractivity contribution in [2.45, 2.75) is 45.2 Å². The summed E-state index contributed by atoms with van der Waals surface area (Å²) in [5.41, 5.74) is 0. The van der Waals surface area contributed by atoms with Gasteiger partial charge in [0.2, 0.25) is 0 Å². The average molecular weight is 362 g/mol. The number of carbonyl (C=O) groups is 4. The highest BCUT2D eigenvalue weighted by atomic mass is 19.4. The van der Waals surface area contributed by atoms with Gasteiger partial charge in [-0.1, -0.05) is 13.8 Å². The van der Waals surface area contributed by atoms with Gasteiger partial charge >= 0.3 is 24.2 Å². The molecular formula is C12H12F6N2O4. The fraction of sp³-hybridized carbons (Fsp3) is 0.667. The lowest BCUT2D eigenvalue weighted by Gasteiger charge is -2.43. The van der Waals surface area contributed by atoms with Crippen LogP contribution in [0.5, 0.6) is 0 Å². The number of carbonyl (C=O) groups excluding carboxylic acids is 4. The van der Waals surface area contributed by atoms with E-state index < -0.39 is 63.8 Å². The summed E-state index contributed by atoms with van der Waals surface area (Å²) in [6.45, 7) is 2.88. The second-order valence-corrected chi connectivity index (χ2v) is 5.39. The van der Waals surface area contributed by atoms with Crippen molar-refractivity contribution in [1.82, 2.24) is 9.80 Å². The maximum Gasteiger partial charge on any atom is 0.471 e. The van der Waals surface area contributed by atoms with Gasteiger partial charge in [0.25, 0.3) is 11.8 Å². The molecule has 0 radical (unpaired) electrons. The SMILES string of the molecule is CC(C)C1C(=O)N(C(=O)C(F)(F)F)C(C)C(=O)N1C(=O)C(F)(F)F. The summed E-state index contributed by atoms with van der Waals surface area (Å²) < 4.78 is 75.6. The Bertz CT molecular complexity index is 583. The van der Waals surface area contributed by atoms with Crippen LogP contribution in [0, 0.1) is 5.92 Å². The van der Waals surface area contributed by atoms with Crippen molar-refractivity contribution in [3.05, 3.63) is 0 Å². The normalized spacial score (nSPS) is 23.1. The van der Waals surface area contributed by atoms with Crippen molar-refractivity contribution in [3.63, 3.8) is 0 Å². The maximum absolute atomic E-state index is 12.6. The molecule has 1 aliphatic heterocycles. The van der Waals surface area contributed by atoms with Gasteiger partial charge in [0.15, 0.2) is 0 Å². The topological polar surface area (TPSA) is 74.8 Å². The van der Waals surface area contributed by atoms with E-state index in [0.29, 0.717) is 6.92 Å². The Labute approximate surface area is 131 Å². The van der Waals surface area contributed by atoms with Crippen LogP contribution in [0.4, 0.5) is 26.3 Å². The minimum atomic E-state index is -5.51. The highest BCUT2D eigenvalue weighted by Gasteiger charge is 2.59. The molecule has 2 atom stereocenters. The highest BCUT2D eigenvalue weighted by Crippen LogP contribution is 2.31. The van der Waals surface area contributed by atoms with Gasteiger partial charge in [0.05, 0.1) is 0 Å². The van der Waals surface area contributed by atoms with Gasteiger partial charge in [-0.2, -0.15) is 26.3 Å². The average Bonchev–Trinajstić information content (AvgIpc) is 2.39. The van der Waals surface area contributed by atoms with Crippen molar-refractivity contribution in [2.75, 3.05) is 0 Å². The van der Waals surface area contributed by atoms with Crippen LogP contribution in [-0.4, -0.2) is 57.9 Å². The number of amides is 4. The Morgan fingerprint density at radius 3 is 1.58 bits per heavy atom. The third kappa shape index (κ3) is 3.36. The third-order valence-electron chi connectivity index (χ3n) is 3.30. The molecule has 136 valence electrons. The molecule has 1 fully saturated rings. The maximum atomic E-state index is 12.6. The molecule has 1 rings (SSSR count). The molecule has 0 aromatic rings. The van der Waals surface area contributed by atoms with Gasteiger partial charge in [-0.3, -0.25) is 29.0 Å². The van der Waals surface area contributed by atoms with Gasteiger partial charge in [0, 0.05) is 0 Å². The first-order chi connectivity index (χ1) is 10.6. The number of halogens is 6. The number of piperazine rings is 1. The molecule has 0 aliphatic carbocycles. The summed E-state index contributed by atoms with van der Waals surface area (Å²) in [7, 11) is 0. The summed E-state index contributed by atoms with van der Waals surface area (Å²) in [6, 6.07) is -4.37. The summed E-state index contributed by atoms with van der Waals surface area (Å²) >= 11 is 0. The van der Waals surface area contributed by atoms with E-state index in [9.17, 15) is 45.5 Å². The van der Waals surface area contributed by atoms with Crippen LogP contribution in [0.25, 0.3) is 0 Å². The molecular weight excluding hydrogens is 350 g/mol. The van der Waals surface area contributed by atoms with Crippen molar-refractivity contribution in [3.8, 4) is 0 Å². The van der Waals surface area contributed by atoms with Crippen LogP contribution >= 0.6 is 0 Å². The molecule has 2 unspecified atom stereocenters. The molecule has 1 heterocycles. The van der Waals surface area contributed by atoms with Crippen LogP contribution in [0.3, 0.4) is 0 Å². The number of hydrogen-bond acceptors (Lipinski definition) is 4. The van der Waals surface area contributed by atoms with Crippen LogP contribution in [0.2, 0.25) is 0 Å². The van der Waals surface area contributed by atoms with Crippen molar-refractivity contribution < 1.29 is 45.5 Å². The van der Waals surface area contributed by atoms with Gasteiger partial charge < -0.3 is 0 Å². The first kappa shape index (κ1) is 19.9. The number of alkyl halides is 6. The van der Waals surface area contributed by atoms with E-state index in [1.54, 1.807) is 0 Å². The molecule has 0 saturated carbocycles. The van der Waals surface area contributed by atoms with E-state index in [1.807, 2.05) is 0 Å². The van der Waals surface area contributed by atoms with Gasteiger partial charge in [-0.25, -0.2) is 0 Å². The van der Waals surface area contributed by atoms with E-state index in [-0.39, 0.29) is 0 Å². The first-order valence-electron chi connectivity index (χ1n) is 6.50. The summed E-state index contributed by atoms with van der Waals surface area (Å²) in [5.74, 6) is -9.92. The van der Waals surface area contributed by atoms with Gasteiger partial charge in [-0.05, 0) is 12.8 Å². The Morgan fingerprint density at radius 2 is 1.25 bits per heavy atom. The standard InChI is InChI=1S/C12H12F6N2O4/c1-4(2)6-8(22)19(9(23)11(13,14)15)5(3)7(21)20(6)10(24)12(16,17)18/h4-6H,1-3H3. The van der Waals surface area contributed by atoms with E-state index in [4.69, 9.17) is 0 Å². The van der Waals surface area contributed by atoms with Crippen molar-refractivity contribution in [1.29, 1.82) is 0 Å². The summed E-state index contributed by atoms with van der Waals surface area (Å²) in [6.07, 6.45) is -11.0. The molecule has 0 aromatic carbocycles. The molecule has 1 aliphatic rings. The predicted molar refractivity (Wildman–Crippen MR) is 63.9 cm³/mol. The molecule has 0 bridgehead atoms. The predicted octanol–water partition coefficient (Wildman–Crippen LogP) is 1.25. The minimum Gasteiger partial charge on any atom is -0.272 e. The lowest BCUT2D eigenvalue weighted by Crippen LogP contribution is -2.70. The van der Waals surface area contributed by atoms with E-state index in [2.05, 4.69) is 0 Å². The molecule has 0 spiro atoms. The molecule has 4 amide bonds. The van der Waals surface area contributed by atoms with E-state index in [0.717, 1.165) is 13.8 Å². The first-order valence-corrected chi connectivity index (χ1v) is 6.50. The van der Waals surface area contributed by atoms with Crippen LogP contribution in [0.15, 0.2) is 0 Å². The van der Waals surface area contributed by atoms with Crippen molar-refractivity contribution >= 4 is 23.6 Å². The lowest BCUT2D eigenvalue weighted by molar-refractivity contribution is -0.205. The fourth-order valence-corrected chi connectivity index (χ4v) is 2.25. The quantitative estimate of drug-likeness (QED) is 0.658. The van der Waals surface area contributed by atoms with E-state index >= 15 is 0 Å². The fourth-order valence-electron chi connectivity index (χ4n) is 2.25. The zero-order chi connectivity index (χ0) is 19.2. The molecule has 12 heteroatoms. The van der Waals surface area contributed by atoms with E-state index in [1.165, 1.54) is 0 Å². The number of imide groups is 2. The minimum absolute atomic E-state index is 0.419. The highest BCUT2D eigenvalue weighted by molar-refractivity contribution is 6.13. The Balaban J connectivity index is 3.43. The largest absolute Gasteiger partial charge is 0.471 e. The number of nitrogens with zero attached hydrogens (tertiary/aromatic N) is 2. The summed E-state index contributed by atoms with van der Waals surface area (Å²) in [5, 5.41) is 0. The second kappa shape index (κ2) is 6.06. The Morgan fingerprint density at radius 1 is 0.875 bits per heavy atom. The number of rotatable bonds is 1. The third-order valence-corrected chi connectivity index (χ3v) is 3.30. The summed E-state index contributed by atoms with van der Waals surface area (Å²) in [4.78, 5) is 46.0. The van der Waals surface area contributed by atoms with Gasteiger partial charge in [-0.15, -0.1) is 0 Å². The molecule has 1 saturated heterocycles. The zero-order valence-corrected chi connectivity index (χ0v) is 12.5.